The molecule has 11 heteroatoms. The van der Waals surface area contributed by atoms with Crippen LogP contribution in [0.3, 0.4) is 0 Å². The Bertz CT molecular complexity index is 1650. The Morgan fingerprint density at radius 1 is 1.00 bits per heavy atom. The quantitative estimate of drug-likeness (QED) is 0.0437. The second-order valence-electron chi connectivity index (χ2n) is 16.1. The molecule has 354 valence electrons. The number of amidine groups is 1. The number of halogens is 1. The number of hydrogen-bond donors (Lipinski definition) is 3. The van der Waals surface area contributed by atoms with Crippen LogP contribution in [0, 0.1) is 18.7 Å². The highest BCUT2D eigenvalue weighted by Gasteiger charge is 2.37. The molecule has 0 radical (unpaired) electrons. The van der Waals surface area contributed by atoms with Gasteiger partial charge in [-0.3, -0.25) is 9.79 Å². The van der Waals surface area contributed by atoms with E-state index in [4.69, 9.17) is 14.1 Å². The van der Waals surface area contributed by atoms with Gasteiger partial charge in [0.25, 0.3) is 0 Å². The molecule has 0 saturated heterocycles. The zero-order chi connectivity index (χ0) is 47.5. The Balaban J connectivity index is 0.000000895. The van der Waals surface area contributed by atoms with Crippen LogP contribution >= 0.6 is 0 Å². The van der Waals surface area contributed by atoms with Crippen LogP contribution in [-0.4, -0.2) is 66.2 Å². The second kappa shape index (κ2) is 35.7. The van der Waals surface area contributed by atoms with Gasteiger partial charge in [-0.25, -0.2) is 4.39 Å². The summed E-state index contributed by atoms with van der Waals surface area (Å²) in [4.78, 5) is 16.8. The van der Waals surface area contributed by atoms with E-state index in [2.05, 4.69) is 98.4 Å². The Morgan fingerprint density at radius 2 is 1.60 bits per heavy atom. The van der Waals surface area contributed by atoms with Gasteiger partial charge in [-0.1, -0.05) is 135 Å². The Hall–Kier alpha value is -4.77. The number of nitrogens with one attached hydrogen (secondary N) is 3. The van der Waals surface area contributed by atoms with E-state index < -0.39 is 0 Å². The number of nitrogens with zero attached hydrogens (tertiary/aromatic N) is 4. The van der Waals surface area contributed by atoms with Crippen molar-refractivity contribution in [1.82, 2.24) is 31.0 Å². The lowest BCUT2D eigenvalue weighted by Gasteiger charge is -2.42. The molecular formula is C52H86FN7O3. The molecule has 63 heavy (non-hydrogen) atoms. The molecular weight excluding hydrogens is 790 g/mol. The number of ether oxygens (including phenoxy) is 1. The summed E-state index contributed by atoms with van der Waals surface area (Å²) in [7, 11) is 5.91. The van der Waals surface area contributed by atoms with Crippen LogP contribution in [-0.2, 0) is 16.1 Å². The van der Waals surface area contributed by atoms with E-state index in [1.54, 1.807) is 19.1 Å². The maximum atomic E-state index is 12.3. The molecule has 0 spiro atoms. The lowest BCUT2D eigenvalue weighted by molar-refractivity contribution is -0.109. The van der Waals surface area contributed by atoms with Gasteiger partial charge < -0.3 is 30.0 Å². The molecule has 1 aliphatic carbocycles. The fourth-order valence-corrected chi connectivity index (χ4v) is 6.65. The van der Waals surface area contributed by atoms with Gasteiger partial charge in [0.15, 0.2) is 6.10 Å². The molecule has 3 N–H and O–H groups in total. The topological polar surface area (TPSA) is 117 Å². The fourth-order valence-electron chi connectivity index (χ4n) is 6.65. The summed E-state index contributed by atoms with van der Waals surface area (Å²) in [5, 5.41) is 16.2. The van der Waals surface area contributed by atoms with Crippen molar-refractivity contribution in [1.29, 1.82) is 0 Å². The number of unbranched alkanes of at least 4 members (excludes halogenated alkanes) is 11. The summed E-state index contributed by atoms with van der Waals surface area (Å²) in [6.45, 7) is 30.4. The number of benzene rings is 1. The molecule has 4 rings (SSSR count). The highest BCUT2D eigenvalue weighted by Crippen LogP contribution is 2.30. The van der Waals surface area contributed by atoms with Crippen LogP contribution in [0.15, 0.2) is 101 Å². The van der Waals surface area contributed by atoms with Crippen molar-refractivity contribution >= 4 is 18.3 Å². The number of aryl methyl sites for hydroxylation is 1. The number of carbonyl (C=O) groups is 1. The highest BCUT2D eigenvalue weighted by atomic mass is 19.1. The first-order chi connectivity index (χ1) is 30.3. The normalized spacial score (nSPS) is 16.6. The lowest BCUT2D eigenvalue weighted by atomic mass is 9.97. The van der Waals surface area contributed by atoms with Crippen molar-refractivity contribution in [2.75, 3.05) is 21.1 Å². The molecule has 1 aromatic heterocycles. The minimum Gasteiger partial charge on any atom is -0.487 e. The average molecular weight is 876 g/mol. The summed E-state index contributed by atoms with van der Waals surface area (Å²) < 4.78 is 23.5. The van der Waals surface area contributed by atoms with E-state index in [1.165, 1.54) is 101 Å². The summed E-state index contributed by atoms with van der Waals surface area (Å²) in [6, 6.07) is 5.98. The molecule has 2 aliphatic rings. The van der Waals surface area contributed by atoms with Gasteiger partial charge in [0.05, 0.1) is 23.0 Å². The average Bonchev–Trinajstić information content (AvgIpc) is 3.59. The van der Waals surface area contributed by atoms with E-state index >= 15 is 0 Å². The van der Waals surface area contributed by atoms with Crippen molar-refractivity contribution in [2.45, 2.75) is 169 Å². The first-order valence-electron chi connectivity index (χ1n) is 23.3. The second-order valence-corrected chi connectivity index (χ2v) is 16.1. The molecule has 2 heterocycles. The first-order valence-corrected chi connectivity index (χ1v) is 23.3. The first kappa shape index (κ1) is 58.2. The molecule has 0 fully saturated rings. The van der Waals surface area contributed by atoms with Crippen LogP contribution in [0.25, 0.3) is 6.08 Å². The van der Waals surface area contributed by atoms with E-state index in [-0.39, 0.29) is 23.5 Å². The number of aromatic nitrogens is 2. The third-order valence-electron chi connectivity index (χ3n) is 10.6. The van der Waals surface area contributed by atoms with Gasteiger partial charge in [0, 0.05) is 39.7 Å². The predicted molar refractivity (Wildman–Crippen MR) is 266 cm³/mol. The highest BCUT2D eigenvalue weighted by molar-refractivity contribution is 5.93. The summed E-state index contributed by atoms with van der Waals surface area (Å²) in [5.74, 6) is 3.00. The van der Waals surface area contributed by atoms with Crippen LogP contribution in [0.5, 0.6) is 0 Å². The van der Waals surface area contributed by atoms with Crippen molar-refractivity contribution in [3.05, 3.63) is 115 Å². The van der Waals surface area contributed by atoms with Gasteiger partial charge in [0.2, 0.25) is 18.2 Å². The SMILES string of the molecule is C=C(CC1C=CC(NC)=CCC1)OC1C(=C)N(C)C(C(C)(C)NC)=NC1C.C=CCCCCCCCCCCCCC.C=Cc1nnc(C)o1.CC.O=CNCc1ccc(F)cc1. The lowest BCUT2D eigenvalue weighted by Crippen LogP contribution is -2.56. The maximum absolute atomic E-state index is 12.3. The summed E-state index contributed by atoms with van der Waals surface area (Å²) in [5.41, 5.74) is 2.76. The third kappa shape index (κ3) is 25.8. The standard InChI is InChI=1S/C22H36N4O.C15H30.C8H8FNO.C5H6N2O.C2H6/c1-15(14-18-10-9-11-19(23-6)13-12-18)27-20-16(2)25-21(22(4,5)24-7)26(8)17(20)3;1-3-5-7-9-11-13-15-14-12-10-8-6-4-2;9-8-3-1-7(2-4-8)5-10-6-11;1-3-5-7-6-4(2)8-5;1-2/h11-13,16,18,20,23-24H,1,3,9-10,14H2,2,4-8H3;3H,1,4-15H2,2H3;1-4,6H,5H2,(H,10,11);3H,1H2,2H3;1-2H3. The van der Waals surface area contributed by atoms with Crippen LogP contribution < -0.4 is 16.0 Å². The Morgan fingerprint density at radius 3 is 2.10 bits per heavy atom. The Labute approximate surface area is 382 Å². The molecule has 1 aliphatic heterocycles. The predicted octanol–water partition coefficient (Wildman–Crippen LogP) is 12.6. The molecule has 3 unspecified atom stereocenters. The zero-order valence-electron chi connectivity index (χ0n) is 41.0. The Kier molecular flexibility index (Phi) is 33.0. The molecule has 2 aromatic rings. The van der Waals surface area contributed by atoms with E-state index in [0.717, 1.165) is 42.1 Å². The number of amides is 1. The number of allylic oxidation sites excluding steroid dienone is 5. The summed E-state index contributed by atoms with van der Waals surface area (Å²) in [6.07, 6.45) is 30.5. The molecule has 1 aromatic carbocycles. The number of rotatable bonds is 23. The van der Waals surface area contributed by atoms with Gasteiger partial charge in [-0.05, 0) is 89.3 Å². The molecule has 1 amide bonds. The largest absolute Gasteiger partial charge is 0.487 e. The number of carbonyl (C=O) groups excluding carboxylic acids is 1. The van der Waals surface area contributed by atoms with Crippen molar-refractivity contribution < 1.29 is 18.3 Å². The third-order valence-corrected chi connectivity index (χ3v) is 10.6. The van der Waals surface area contributed by atoms with Crippen LogP contribution in [0.2, 0.25) is 0 Å². The maximum Gasteiger partial charge on any atom is 0.239 e. The number of likely N-dealkylation sites (N-methyl/N-ethyl adjacent to an activating group) is 3. The molecule has 3 atom stereocenters. The minimum absolute atomic E-state index is 0.00434. The van der Waals surface area contributed by atoms with Gasteiger partial charge in [-0.15, -0.1) is 16.8 Å². The smallest absolute Gasteiger partial charge is 0.239 e. The summed E-state index contributed by atoms with van der Waals surface area (Å²) >= 11 is 0. The molecule has 0 saturated carbocycles. The van der Waals surface area contributed by atoms with Crippen LogP contribution in [0.4, 0.5) is 4.39 Å². The van der Waals surface area contributed by atoms with Crippen molar-refractivity contribution in [3.63, 3.8) is 0 Å². The molecule has 0 bridgehead atoms. The molecule has 10 nitrogen and oxygen atoms in total. The number of hydrogen-bond acceptors (Lipinski definition) is 9. The van der Waals surface area contributed by atoms with Gasteiger partial charge in [0.1, 0.15) is 11.7 Å². The van der Waals surface area contributed by atoms with Crippen molar-refractivity contribution in [2.24, 2.45) is 10.9 Å². The van der Waals surface area contributed by atoms with Crippen molar-refractivity contribution in [3.8, 4) is 0 Å². The zero-order valence-corrected chi connectivity index (χ0v) is 41.0. The number of aliphatic imine (C=N–C) groups is 1. The van der Waals surface area contributed by atoms with E-state index in [1.807, 2.05) is 46.0 Å². The van der Waals surface area contributed by atoms with Crippen LogP contribution in [0.1, 0.15) is 155 Å². The van der Waals surface area contributed by atoms with E-state index in [0.29, 0.717) is 30.7 Å². The van der Waals surface area contributed by atoms with Gasteiger partial charge >= 0.3 is 0 Å². The van der Waals surface area contributed by atoms with Gasteiger partial charge in [-0.2, -0.15) is 0 Å². The minimum atomic E-state index is -0.264. The van der Waals surface area contributed by atoms with E-state index in [9.17, 15) is 9.18 Å². The monoisotopic (exact) mass is 876 g/mol. The fraction of sp³-hybridized carbons (Fsp3) is 0.577.